The predicted molar refractivity (Wildman–Crippen MR) is 147 cm³/mol. The Bertz CT molecular complexity index is 757. The zero-order valence-electron chi connectivity index (χ0n) is 22.2. The van der Waals surface area contributed by atoms with E-state index in [1.807, 2.05) is 12.4 Å². The van der Waals surface area contributed by atoms with Crippen LogP contribution in [0.4, 0.5) is 0 Å². The first-order valence-corrected chi connectivity index (χ1v) is 14.7. The van der Waals surface area contributed by atoms with E-state index in [1.165, 1.54) is 120 Å². The highest BCUT2D eigenvalue weighted by molar-refractivity contribution is 5.55. The zero-order valence-corrected chi connectivity index (χ0v) is 22.2. The van der Waals surface area contributed by atoms with Crippen LogP contribution in [0.15, 0.2) is 36.7 Å². The first-order valence-electron chi connectivity index (χ1n) is 14.7. The molecule has 1 saturated carbocycles. The van der Waals surface area contributed by atoms with Crippen LogP contribution in [0.1, 0.15) is 128 Å². The van der Waals surface area contributed by atoms with E-state index >= 15 is 0 Å². The Kier molecular flexibility index (Phi) is 12.7. The summed E-state index contributed by atoms with van der Waals surface area (Å²) in [6.45, 7) is 4.58. The second-order valence-corrected chi connectivity index (χ2v) is 10.9. The van der Waals surface area contributed by atoms with Gasteiger partial charge in [0.25, 0.3) is 0 Å². The van der Waals surface area contributed by atoms with E-state index in [-0.39, 0.29) is 0 Å². The number of nitrogens with zero attached hydrogens (tertiary/aromatic N) is 2. The molecular formula is C32H50N2. The van der Waals surface area contributed by atoms with Gasteiger partial charge in [0.05, 0.1) is 0 Å². The SMILES string of the molecule is CCCCCCCc1cnc(-c2ccc(CCCCC3CCC(CCCCC)CC3)cc2)nc1. The van der Waals surface area contributed by atoms with Gasteiger partial charge in [0, 0.05) is 18.0 Å². The zero-order chi connectivity index (χ0) is 23.8. The van der Waals surface area contributed by atoms with Crippen LogP contribution in [-0.4, -0.2) is 9.97 Å². The maximum atomic E-state index is 4.64. The highest BCUT2D eigenvalue weighted by Crippen LogP contribution is 2.34. The van der Waals surface area contributed by atoms with Crippen molar-refractivity contribution in [1.29, 1.82) is 0 Å². The lowest BCUT2D eigenvalue weighted by atomic mass is 9.78. The summed E-state index contributed by atoms with van der Waals surface area (Å²) in [6.07, 6.45) is 28.8. The van der Waals surface area contributed by atoms with Crippen molar-refractivity contribution in [3.8, 4) is 11.4 Å². The molecule has 0 radical (unpaired) electrons. The van der Waals surface area contributed by atoms with E-state index in [0.29, 0.717) is 0 Å². The lowest BCUT2D eigenvalue weighted by Gasteiger charge is -2.28. The fourth-order valence-corrected chi connectivity index (χ4v) is 5.64. The topological polar surface area (TPSA) is 25.8 Å². The summed E-state index contributed by atoms with van der Waals surface area (Å²) in [5.74, 6) is 2.89. The van der Waals surface area contributed by atoms with E-state index in [4.69, 9.17) is 0 Å². The van der Waals surface area contributed by atoms with Gasteiger partial charge in [-0.2, -0.15) is 0 Å². The van der Waals surface area contributed by atoms with Crippen LogP contribution in [-0.2, 0) is 12.8 Å². The Morgan fingerprint density at radius 2 is 1.09 bits per heavy atom. The van der Waals surface area contributed by atoms with Gasteiger partial charge in [-0.3, -0.25) is 0 Å². The van der Waals surface area contributed by atoms with Crippen LogP contribution in [0, 0.1) is 11.8 Å². The molecule has 1 fully saturated rings. The monoisotopic (exact) mass is 462 g/mol. The molecule has 2 heteroatoms. The average molecular weight is 463 g/mol. The summed E-state index contributed by atoms with van der Waals surface area (Å²) in [5.41, 5.74) is 3.85. The summed E-state index contributed by atoms with van der Waals surface area (Å²) in [6, 6.07) is 8.97. The lowest BCUT2D eigenvalue weighted by molar-refractivity contribution is 0.245. The molecule has 1 aromatic carbocycles. The van der Waals surface area contributed by atoms with E-state index < -0.39 is 0 Å². The molecule has 1 aliphatic rings. The molecule has 2 nitrogen and oxygen atoms in total. The minimum Gasteiger partial charge on any atom is -0.236 e. The largest absolute Gasteiger partial charge is 0.236 e. The Balaban J connectivity index is 1.31. The summed E-state index contributed by atoms with van der Waals surface area (Å²) < 4.78 is 0. The minimum absolute atomic E-state index is 0.853. The fourth-order valence-electron chi connectivity index (χ4n) is 5.64. The van der Waals surface area contributed by atoms with E-state index in [1.54, 1.807) is 0 Å². The van der Waals surface area contributed by atoms with Gasteiger partial charge < -0.3 is 0 Å². The molecule has 0 saturated heterocycles. The standard InChI is InChI=1S/C32H50N2/c1-3-5-7-8-10-16-30-25-33-32(34-26-30)31-23-21-29(22-24-31)15-12-11-14-28-19-17-27(18-20-28)13-9-6-4-2/h21-28H,3-20H2,1-2H3. The predicted octanol–water partition coefficient (Wildman–Crippen LogP) is 9.76. The summed E-state index contributed by atoms with van der Waals surface area (Å²) >= 11 is 0. The molecule has 2 aromatic rings. The van der Waals surface area contributed by atoms with Crippen molar-refractivity contribution in [2.24, 2.45) is 11.8 Å². The molecule has 1 aliphatic carbocycles. The maximum absolute atomic E-state index is 4.64. The maximum Gasteiger partial charge on any atom is 0.159 e. The number of benzene rings is 1. The highest BCUT2D eigenvalue weighted by Gasteiger charge is 2.20. The average Bonchev–Trinajstić information content (AvgIpc) is 2.88. The minimum atomic E-state index is 0.853. The van der Waals surface area contributed by atoms with Gasteiger partial charge >= 0.3 is 0 Å². The van der Waals surface area contributed by atoms with Crippen molar-refractivity contribution in [2.45, 2.75) is 129 Å². The molecule has 0 aliphatic heterocycles. The van der Waals surface area contributed by atoms with Gasteiger partial charge in [0.2, 0.25) is 0 Å². The normalized spacial score (nSPS) is 18.3. The molecule has 188 valence electrons. The lowest BCUT2D eigenvalue weighted by Crippen LogP contribution is -2.14. The molecule has 1 aromatic heterocycles. The van der Waals surface area contributed by atoms with Crippen molar-refractivity contribution in [2.75, 3.05) is 0 Å². The third-order valence-electron chi connectivity index (χ3n) is 8.00. The Labute approximate surface area is 210 Å². The van der Waals surface area contributed by atoms with Crippen LogP contribution in [0.25, 0.3) is 11.4 Å². The number of rotatable bonds is 16. The van der Waals surface area contributed by atoms with Crippen LogP contribution in [0.3, 0.4) is 0 Å². The second-order valence-electron chi connectivity index (χ2n) is 10.9. The van der Waals surface area contributed by atoms with Crippen LogP contribution < -0.4 is 0 Å². The van der Waals surface area contributed by atoms with Gasteiger partial charge in [0.1, 0.15) is 0 Å². The van der Waals surface area contributed by atoms with E-state index in [0.717, 1.165) is 29.6 Å². The summed E-state index contributed by atoms with van der Waals surface area (Å²) in [4.78, 5) is 9.27. The quantitative estimate of drug-likeness (QED) is 0.232. The van der Waals surface area contributed by atoms with E-state index in [2.05, 4.69) is 48.1 Å². The smallest absolute Gasteiger partial charge is 0.159 e. The van der Waals surface area contributed by atoms with Gasteiger partial charge in [0.15, 0.2) is 5.82 Å². The van der Waals surface area contributed by atoms with Crippen LogP contribution >= 0.6 is 0 Å². The van der Waals surface area contributed by atoms with Crippen molar-refractivity contribution in [3.63, 3.8) is 0 Å². The van der Waals surface area contributed by atoms with Crippen molar-refractivity contribution >= 4 is 0 Å². The molecule has 34 heavy (non-hydrogen) atoms. The van der Waals surface area contributed by atoms with Crippen molar-refractivity contribution < 1.29 is 0 Å². The second kappa shape index (κ2) is 16.1. The number of aryl methyl sites for hydroxylation is 2. The summed E-state index contributed by atoms with van der Waals surface area (Å²) in [7, 11) is 0. The highest BCUT2D eigenvalue weighted by atomic mass is 14.9. The third-order valence-corrected chi connectivity index (χ3v) is 8.00. The number of hydrogen-bond donors (Lipinski definition) is 0. The van der Waals surface area contributed by atoms with Gasteiger partial charge in [-0.15, -0.1) is 0 Å². The van der Waals surface area contributed by atoms with E-state index in [9.17, 15) is 0 Å². The molecule has 0 amide bonds. The van der Waals surface area contributed by atoms with Crippen molar-refractivity contribution in [1.82, 2.24) is 9.97 Å². The fraction of sp³-hybridized carbons (Fsp3) is 0.688. The first kappa shape index (κ1) is 26.9. The van der Waals surface area contributed by atoms with Gasteiger partial charge in [-0.25, -0.2) is 9.97 Å². The molecular weight excluding hydrogens is 412 g/mol. The molecule has 0 bridgehead atoms. The Morgan fingerprint density at radius 1 is 0.588 bits per heavy atom. The molecule has 0 atom stereocenters. The molecule has 0 spiro atoms. The van der Waals surface area contributed by atoms with Gasteiger partial charge in [-0.05, 0) is 48.6 Å². The number of unbranched alkanes of at least 4 members (excludes halogenated alkanes) is 7. The van der Waals surface area contributed by atoms with Crippen LogP contribution in [0.2, 0.25) is 0 Å². The van der Waals surface area contributed by atoms with Gasteiger partial charge in [-0.1, -0.05) is 128 Å². The molecule has 1 heterocycles. The molecule has 3 rings (SSSR count). The third kappa shape index (κ3) is 9.88. The number of aromatic nitrogens is 2. The summed E-state index contributed by atoms with van der Waals surface area (Å²) in [5, 5.41) is 0. The van der Waals surface area contributed by atoms with Crippen molar-refractivity contribution in [3.05, 3.63) is 47.8 Å². The first-order chi connectivity index (χ1) is 16.8. The molecule has 0 unspecified atom stereocenters. The van der Waals surface area contributed by atoms with Crippen LogP contribution in [0.5, 0.6) is 0 Å². The number of hydrogen-bond acceptors (Lipinski definition) is 2. The molecule has 0 N–H and O–H groups in total. The Morgan fingerprint density at radius 3 is 1.71 bits per heavy atom. The Hall–Kier alpha value is -1.70.